The van der Waals surface area contributed by atoms with Crippen molar-refractivity contribution in [3.8, 4) is 0 Å². The quantitative estimate of drug-likeness (QED) is 0.509. The maximum atomic E-state index is 11.9. The third-order valence-electron chi connectivity index (χ3n) is 3.81. The number of aryl methyl sites for hydroxylation is 3. The van der Waals surface area contributed by atoms with E-state index in [4.69, 9.17) is 23.8 Å². The number of halogens is 2. The minimum atomic E-state index is -0.200. The van der Waals surface area contributed by atoms with Crippen molar-refractivity contribution in [2.75, 3.05) is 5.32 Å². The number of hydrazine groups is 1. The molecule has 0 radical (unpaired) electrons. The maximum absolute atomic E-state index is 11.9. The zero-order valence-electron chi connectivity index (χ0n) is 15.1. The average molecular weight is 420 g/mol. The Labute approximate surface area is 169 Å². The summed E-state index contributed by atoms with van der Waals surface area (Å²) < 4.78 is 3.57. The first kappa shape index (κ1) is 22.2. The van der Waals surface area contributed by atoms with Crippen molar-refractivity contribution >= 4 is 52.9 Å². The molecule has 0 aliphatic rings. The Morgan fingerprint density at radius 2 is 1.92 bits per heavy atom. The molecule has 2 rings (SSSR count). The summed E-state index contributed by atoms with van der Waals surface area (Å²) in [6.45, 7) is 8.88. The van der Waals surface area contributed by atoms with Gasteiger partial charge in [0, 0.05) is 13.0 Å². The molecule has 1 amide bonds. The Kier molecular flexibility index (Phi) is 8.32. The van der Waals surface area contributed by atoms with E-state index in [0.717, 1.165) is 29.3 Å². The van der Waals surface area contributed by atoms with Gasteiger partial charge in [0.25, 0.3) is 0 Å². The van der Waals surface area contributed by atoms with Crippen molar-refractivity contribution in [1.82, 2.24) is 30.4 Å². The smallest absolute Gasteiger partial charge is 0.240 e. The lowest BCUT2D eigenvalue weighted by Gasteiger charge is -2.11. The van der Waals surface area contributed by atoms with Gasteiger partial charge in [0.1, 0.15) is 0 Å². The van der Waals surface area contributed by atoms with E-state index in [1.165, 1.54) is 0 Å². The third-order valence-corrected chi connectivity index (χ3v) is 4.56. The molecule has 3 N–H and O–H groups in total. The summed E-state index contributed by atoms with van der Waals surface area (Å²) in [7, 11) is 0. The van der Waals surface area contributed by atoms with Crippen LogP contribution in [0.4, 0.5) is 5.69 Å². The van der Waals surface area contributed by atoms with E-state index in [9.17, 15) is 4.79 Å². The standard InChI is InChI=1S/C15H22ClN7OS.ClH/c1-5-22-10(3)12(8-17-22)18-15(25)20-19-13(24)6-7-23-11(4)14(16)9(2)21-23;/h8H,5-7H2,1-4H3,(H,19,24)(H2,18,20,25);1H. The van der Waals surface area contributed by atoms with Crippen LogP contribution < -0.4 is 16.2 Å². The zero-order valence-corrected chi connectivity index (χ0v) is 17.5. The van der Waals surface area contributed by atoms with Crippen LogP contribution in [0.25, 0.3) is 0 Å². The van der Waals surface area contributed by atoms with Gasteiger partial charge in [-0.3, -0.25) is 25.0 Å². The summed E-state index contributed by atoms with van der Waals surface area (Å²) >= 11 is 11.3. The first-order chi connectivity index (χ1) is 11.8. The fourth-order valence-corrected chi connectivity index (χ4v) is 2.63. The van der Waals surface area contributed by atoms with Crippen LogP contribution in [0.2, 0.25) is 5.02 Å². The Bertz CT molecular complexity index is 787. The maximum Gasteiger partial charge on any atom is 0.240 e. The van der Waals surface area contributed by atoms with Crippen LogP contribution in [0.3, 0.4) is 0 Å². The number of nitrogens with one attached hydrogen (secondary N) is 3. The van der Waals surface area contributed by atoms with Gasteiger partial charge in [-0.2, -0.15) is 10.2 Å². The monoisotopic (exact) mass is 419 g/mol. The van der Waals surface area contributed by atoms with Crippen molar-refractivity contribution in [2.24, 2.45) is 0 Å². The lowest BCUT2D eigenvalue weighted by Crippen LogP contribution is -2.44. The number of hydrogen-bond donors (Lipinski definition) is 3. The van der Waals surface area contributed by atoms with E-state index in [1.54, 1.807) is 10.9 Å². The summed E-state index contributed by atoms with van der Waals surface area (Å²) in [6.07, 6.45) is 1.95. The molecule has 0 aliphatic heterocycles. The number of amides is 1. The SMILES string of the molecule is CCn1ncc(NC(=S)NNC(=O)CCn2nc(C)c(Cl)c2C)c1C.Cl. The van der Waals surface area contributed by atoms with Gasteiger partial charge < -0.3 is 5.32 Å². The fourth-order valence-electron chi connectivity index (χ4n) is 2.33. The van der Waals surface area contributed by atoms with Crippen LogP contribution in [-0.2, 0) is 17.9 Å². The van der Waals surface area contributed by atoms with E-state index in [2.05, 4.69) is 26.4 Å². The van der Waals surface area contributed by atoms with Crippen LogP contribution in [0.15, 0.2) is 6.20 Å². The van der Waals surface area contributed by atoms with E-state index >= 15 is 0 Å². The van der Waals surface area contributed by atoms with Gasteiger partial charge in [-0.25, -0.2) is 0 Å². The highest BCUT2D eigenvalue weighted by molar-refractivity contribution is 7.80. The lowest BCUT2D eigenvalue weighted by atomic mass is 10.3. The molecule has 2 heterocycles. The second-order valence-corrected chi connectivity index (χ2v) is 6.33. The molecule has 0 spiro atoms. The van der Waals surface area contributed by atoms with Gasteiger partial charge in [-0.1, -0.05) is 11.6 Å². The molecule has 0 bridgehead atoms. The highest BCUT2D eigenvalue weighted by Crippen LogP contribution is 2.18. The molecule has 144 valence electrons. The number of hydrogen-bond acceptors (Lipinski definition) is 4. The largest absolute Gasteiger partial charge is 0.329 e. The molecular weight excluding hydrogens is 397 g/mol. The minimum absolute atomic E-state index is 0. The number of nitrogens with zero attached hydrogens (tertiary/aromatic N) is 4. The summed E-state index contributed by atoms with van der Waals surface area (Å²) in [5.74, 6) is -0.200. The number of carbonyl (C=O) groups excluding carboxylic acids is 1. The molecule has 2 aromatic heterocycles. The van der Waals surface area contributed by atoms with Crippen molar-refractivity contribution in [1.29, 1.82) is 0 Å². The van der Waals surface area contributed by atoms with Gasteiger partial charge in [0.05, 0.1) is 40.5 Å². The van der Waals surface area contributed by atoms with Crippen LogP contribution in [0.1, 0.15) is 30.4 Å². The summed E-state index contributed by atoms with van der Waals surface area (Å²) in [6, 6.07) is 0. The fraction of sp³-hybridized carbons (Fsp3) is 0.467. The predicted molar refractivity (Wildman–Crippen MR) is 109 cm³/mol. The van der Waals surface area contributed by atoms with Crippen LogP contribution >= 0.6 is 36.2 Å². The van der Waals surface area contributed by atoms with Crippen LogP contribution in [-0.4, -0.2) is 30.6 Å². The van der Waals surface area contributed by atoms with E-state index in [1.807, 2.05) is 32.4 Å². The normalized spacial score (nSPS) is 10.2. The van der Waals surface area contributed by atoms with Gasteiger partial charge in [0.2, 0.25) is 5.91 Å². The molecular formula is C15H23Cl2N7OS. The van der Waals surface area contributed by atoms with Gasteiger partial charge >= 0.3 is 0 Å². The van der Waals surface area contributed by atoms with Gasteiger partial charge in [-0.15, -0.1) is 12.4 Å². The van der Waals surface area contributed by atoms with Crippen LogP contribution in [0.5, 0.6) is 0 Å². The molecule has 0 aliphatic carbocycles. The predicted octanol–water partition coefficient (Wildman–Crippen LogP) is 2.51. The third kappa shape index (κ3) is 5.33. The van der Waals surface area contributed by atoms with Crippen molar-refractivity contribution in [3.63, 3.8) is 0 Å². The number of aromatic nitrogens is 4. The summed E-state index contributed by atoms with van der Waals surface area (Å²) in [5, 5.41) is 12.4. The Balaban J connectivity index is 0.00000338. The first-order valence-electron chi connectivity index (χ1n) is 7.91. The molecule has 0 fully saturated rings. The van der Waals surface area contributed by atoms with Crippen LogP contribution in [0, 0.1) is 20.8 Å². The molecule has 0 atom stereocenters. The average Bonchev–Trinajstić information content (AvgIpc) is 3.05. The topological polar surface area (TPSA) is 88.8 Å². The minimum Gasteiger partial charge on any atom is -0.329 e. The van der Waals surface area contributed by atoms with Crippen molar-refractivity contribution in [3.05, 3.63) is 28.3 Å². The first-order valence-corrected chi connectivity index (χ1v) is 8.69. The highest BCUT2D eigenvalue weighted by Gasteiger charge is 2.11. The summed E-state index contributed by atoms with van der Waals surface area (Å²) in [4.78, 5) is 11.9. The molecule has 26 heavy (non-hydrogen) atoms. The number of thiocarbonyl (C=S) groups is 1. The van der Waals surface area contributed by atoms with E-state index < -0.39 is 0 Å². The molecule has 2 aromatic rings. The lowest BCUT2D eigenvalue weighted by molar-refractivity contribution is -0.121. The number of rotatable bonds is 5. The molecule has 0 saturated heterocycles. The highest BCUT2D eigenvalue weighted by atomic mass is 35.5. The Morgan fingerprint density at radius 1 is 1.23 bits per heavy atom. The molecule has 0 saturated carbocycles. The number of carbonyl (C=O) groups is 1. The molecule has 0 unspecified atom stereocenters. The van der Waals surface area contributed by atoms with E-state index in [-0.39, 0.29) is 24.7 Å². The van der Waals surface area contributed by atoms with E-state index in [0.29, 0.717) is 16.7 Å². The molecule has 8 nitrogen and oxygen atoms in total. The zero-order chi connectivity index (χ0) is 18.6. The Morgan fingerprint density at radius 3 is 2.46 bits per heavy atom. The van der Waals surface area contributed by atoms with Gasteiger partial charge in [0.15, 0.2) is 5.11 Å². The molecule has 11 heteroatoms. The van der Waals surface area contributed by atoms with Gasteiger partial charge in [-0.05, 0) is 39.9 Å². The summed E-state index contributed by atoms with van der Waals surface area (Å²) in [5.41, 5.74) is 8.61. The van der Waals surface area contributed by atoms with Crippen molar-refractivity contribution < 1.29 is 4.79 Å². The Hall–Kier alpha value is -1.84. The molecule has 0 aromatic carbocycles. The second-order valence-electron chi connectivity index (χ2n) is 5.54. The second kappa shape index (κ2) is 9.75. The van der Waals surface area contributed by atoms with Crippen molar-refractivity contribution in [2.45, 2.75) is 47.2 Å². The number of anilines is 1.